The second kappa shape index (κ2) is 8.29. The number of aliphatic hydroxyl groups excluding tert-OH is 1. The second-order valence-corrected chi connectivity index (χ2v) is 9.64. The first-order chi connectivity index (χ1) is 14.0. The van der Waals surface area contributed by atoms with E-state index < -0.39 is 28.7 Å². The van der Waals surface area contributed by atoms with Crippen LogP contribution in [0.4, 0.5) is 4.39 Å². The van der Waals surface area contributed by atoms with Crippen LogP contribution < -0.4 is 0 Å². The van der Waals surface area contributed by atoms with Gasteiger partial charge in [0.2, 0.25) is 0 Å². The lowest BCUT2D eigenvalue weighted by Gasteiger charge is -2.58. The minimum atomic E-state index is -1.88. The summed E-state index contributed by atoms with van der Waals surface area (Å²) in [7, 11) is 1.43. The summed E-state index contributed by atoms with van der Waals surface area (Å²) in [4.78, 5) is 24.4. The van der Waals surface area contributed by atoms with Crippen molar-refractivity contribution in [1.29, 1.82) is 0 Å². The van der Waals surface area contributed by atoms with Gasteiger partial charge >= 0.3 is 0 Å². The van der Waals surface area contributed by atoms with Crippen molar-refractivity contribution in [2.24, 2.45) is 23.2 Å². The SMILES string of the molecule is CCC(O)(C(=O)COC)C(C)CC1CCC(O)C2(F)C1CCC1=CC(=O)C=CC12C. The van der Waals surface area contributed by atoms with Crippen molar-refractivity contribution >= 4 is 11.6 Å². The summed E-state index contributed by atoms with van der Waals surface area (Å²) in [5.41, 5.74) is -3.65. The molecule has 30 heavy (non-hydrogen) atoms. The van der Waals surface area contributed by atoms with Crippen molar-refractivity contribution < 1.29 is 28.9 Å². The number of hydrogen-bond donors (Lipinski definition) is 2. The molecule has 0 aromatic heterocycles. The zero-order valence-electron chi connectivity index (χ0n) is 18.5. The summed E-state index contributed by atoms with van der Waals surface area (Å²) in [5.74, 6) is -1.31. The van der Waals surface area contributed by atoms with E-state index in [1.807, 2.05) is 6.92 Å². The van der Waals surface area contributed by atoms with Crippen molar-refractivity contribution in [3.63, 3.8) is 0 Å². The number of hydrogen-bond acceptors (Lipinski definition) is 5. The van der Waals surface area contributed by atoms with Gasteiger partial charge in [0.05, 0.1) is 6.10 Å². The van der Waals surface area contributed by atoms with Gasteiger partial charge in [-0.3, -0.25) is 9.59 Å². The van der Waals surface area contributed by atoms with Crippen molar-refractivity contribution in [3.05, 3.63) is 23.8 Å². The standard InChI is InChI=1S/C24H35FO5/c1-5-23(29,21(28)14-30-4)15(2)12-16-6-9-20(27)24(25)19(16)8-7-17-13-18(26)10-11-22(17,24)3/h10-11,13,15-16,19-20,27,29H,5-9,12,14H2,1-4H3. The Labute approximate surface area is 178 Å². The van der Waals surface area contributed by atoms with E-state index in [0.29, 0.717) is 32.1 Å². The Morgan fingerprint density at radius 2 is 2.10 bits per heavy atom. The normalized spacial score (nSPS) is 38.8. The van der Waals surface area contributed by atoms with Crippen LogP contribution in [0.3, 0.4) is 0 Å². The van der Waals surface area contributed by atoms with Crippen molar-refractivity contribution in [3.8, 4) is 0 Å². The number of carbonyl (C=O) groups is 2. The lowest BCUT2D eigenvalue weighted by atomic mass is 9.49. The third-order valence-corrected chi connectivity index (χ3v) is 8.26. The molecule has 0 aromatic rings. The number of ketones is 2. The first-order valence-corrected chi connectivity index (χ1v) is 11.1. The molecule has 0 amide bonds. The molecule has 0 aromatic carbocycles. The number of methoxy groups -OCH3 is 1. The average Bonchev–Trinajstić information content (AvgIpc) is 2.71. The molecule has 2 fully saturated rings. The first kappa shape index (κ1) is 23.3. The van der Waals surface area contributed by atoms with Crippen LogP contribution in [-0.2, 0) is 14.3 Å². The van der Waals surface area contributed by atoms with E-state index >= 15 is 4.39 Å². The van der Waals surface area contributed by atoms with Gasteiger partial charge in [0, 0.05) is 12.5 Å². The lowest BCUT2D eigenvalue weighted by molar-refractivity contribution is -0.167. The highest BCUT2D eigenvalue weighted by molar-refractivity contribution is 6.01. The molecule has 5 nitrogen and oxygen atoms in total. The molecular formula is C24H35FO5. The van der Waals surface area contributed by atoms with E-state index in [1.54, 1.807) is 19.9 Å². The summed E-state index contributed by atoms with van der Waals surface area (Å²) in [5, 5.41) is 21.9. The molecule has 2 saturated carbocycles. The molecule has 0 bridgehead atoms. The molecule has 0 saturated heterocycles. The number of aliphatic hydroxyl groups is 2. The molecule has 7 unspecified atom stereocenters. The average molecular weight is 423 g/mol. The maximum Gasteiger partial charge on any atom is 0.190 e. The molecule has 0 radical (unpaired) electrons. The van der Waals surface area contributed by atoms with Crippen LogP contribution in [0.2, 0.25) is 0 Å². The molecule has 0 spiro atoms. The minimum Gasteiger partial charge on any atom is -0.390 e. The summed E-state index contributed by atoms with van der Waals surface area (Å²) >= 11 is 0. The van der Waals surface area contributed by atoms with Crippen molar-refractivity contribution in [1.82, 2.24) is 0 Å². The molecule has 7 atom stereocenters. The Hall–Kier alpha value is -1.37. The van der Waals surface area contributed by atoms with E-state index in [-0.39, 0.29) is 36.4 Å². The highest BCUT2D eigenvalue weighted by Gasteiger charge is 2.64. The molecule has 168 valence electrons. The largest absolute Gasteiger partial charge is 0.390 e. The molecular weight excluding hydrogens is 387 g/mol. The van der Waals surface area contributed by atoms with Crippen LogP contribution in [0.1, 0.15) is 59.3 Å². The molecule has 3 rings (SSSR count). The Bertz CT molecular complexity index is 761. The van der Waals surface area contributed by atoms with Crippen LogP contribution in [0, 0.1) is 23.2 Å². The maximum absolute atomic E-state index is 16.8. The van der Waals surface area contributed by atoms with Gasteiger partial charge in [-0.05, 0) is 75.4 Å². The topological polar surface area (TPSA) is 83.8 Å². The molecule has 2 N–H and O–H groups in total. The van der Waals surface area contributed by atoms with Crippen LogP contribution in [0.25, 0.3) is 0 Å². The summed E-state index contributed by atoms with van der Waals surface area (Å²) < 4.78 is 21.8. The Morgan fingerprint density at radius 1 is 1.40 bits per heavy atom. The highest BCUT2D eigenvalue weighted by atomic mass is 19.1. The number of ether oxygens (including phenoxy) is 1. The van der Waals surface area contributed by atoms with E-state index in [1.165, 1.54) is 19.3 Å². The zero-order valence-corrected chi connectivity index (χ0v) is 18.5. The number of rotatable bonds is 7. The fourth-order valence-corrected chi connectivity index (χ4v) is 6.30. The quantitative estimate of drug-likeness (QED) is 0.658. The monoisotopic (exact) mass is 422 g/mol. The van der Waals surface area contributed by atoms with Crippen LogP contribution >= 0.6 is 0 Å². The Balaban J connectivity index is 1.89. The van der Waals surface area contributed by atoms with E-state index in [9.17, 15) is 19.8 Å². The third-order valence-electron chi connectivity index (χ3n) is 8.26. The van der Waals surface area contributed by atoms with Gasteiger partial charge in [-0.2, -0.15) is 0 Å². The second-order valence-electron chi connectivity index (χ2n) is 9.64. The van der Waals surface area contributed by atoms with Gasteiger partial charge in [-0.25, -0.2) is 4.39 Å². The summed E-state index contributed by atoms with van der Waals surface area (Å²) in [6.07, 6.45) is 6.36. The van der Waals surface area contributed by atoms with Gasteiger partial charge in [0.25, 0.3) is 0 Å². The number of fused-ring (bicyclic) bond motifs is 3. The molecule has 3 aliphatic rings. The summed E-state index contributed by atoms with van der Waals surface area (Å²) in [6, 6.07) is 0. The van der Waals surface area contributed by atoms with Crippen LogP contribution in [-0.4, -0.2) is 52.9 Å². The van der Waals surface area contributed by atoms with Crippen LogP contribution in [0.15, 0.2) is 23.8 Å². The van der Waals surface area contributed by atoms with E-state index in [2.05, 4.69) is 0 Å². The third kappa shape index (κ3) is 3.41. The van der Waals surface area contributed by atoms with Gasteiger partial charge in [-0.15, -0.1) is 0 Å². The fourth-order valence-electron chi connectivity index (χ4n) is 6.30. The van der Waals surface area contributed by atoms with Gasteiger partial charge in [0.1, 0.15) is 12.2 Å². The molecule has 6 heteroatoms. The van der Waals surface area contributed by atoms with Gasteiger partial charge in [-0.1, -0.05) is 25.5 Å². The molecule has 0 aliphatic heterocycles. The van der Waals surface area contributed by atoms with Crippen LogP contribution in [0.5, 0.6) is 0 Å². The smallest absolute Gasteiger partial charge is 0.190 e. The fraction of sp³-hybridized carbons (Fsp3) is 0.750. The van der Waals surface area contributed by atoms with Crippen molar-refractivity contribution in [2.45, 2.75) is 76.7 Å². The van der Waals surface area contributed by atoms with E-state index in [4.69, 9.17) is 4.74 Å². The van der Waals surface area contributed by atoms with Gasteiger partial charge in [0.15, 0.2) is 17.2 Å². The maximum atomic E-state index is 16.8. The Morgan fingerprint density at radius 3 is 2.73 bits per heavy atom. The number of Topliss-reactive ketones (excluding diaryl/α,β-unsaturated/α-hetero) is 1. The summed E-state index contributed by atoms with van der Waals surface area (Å²) in [6.45, 7) is 5.25. The number of halogens is 1. The molecule has 0 heterocycles. The minimum absolute atomic E-state index is 0.0637. The van der Waals surface area contributed by atoms with E-state index in [0.717, 1.165) is 5.57 Å². The predicted octanol–water partition coefficient (Wildman–Crippen LogP) is 3.33. The lowest BCUT2D eigenvalue weighted by Crippen LogP contribution is -2.63. The zero-order chi connectivity index (χ0) is 22.3. The number of alkyl halides is 1. The Kier molecular flexibility index (Phi) is 6.43. The first-order valence-electron chi connectivity index (χ1n) is 11.1. The van der Waals surface area contributed by atoms with Gasteiger partial charge < -0.3 is 14.9 Å². The predicted molar refractivity (Wildman–Crippen MR) is 112 cm³/mol. The number of carbonyl (C=O) groups excluding carboxylic acids is 2. The highest BCUT2D eigenvalue weighted by Crippen LogP contribution is 2.62. The molecule has 3 aliphatic carbocycles. The van der Waals surface area contributed by atoms with Crippen molar-refractivity contribution in [2.75, 3.05) is 13.7 Å². The number of allylic oxidation sites excluding steroid dienone is 4.